The van der Waals surface area contributed by atoms with Crippen LogP contribution in [-0.4, -0.2) is 11.8 Å². The van der Waals surface area contributed by atoms with E-state index in [2.05, 4.69) is 59.8 Å². The number of pyridine rings is 1. The average Bonchev–Trinajstić information content (AvgIpc) is 2.98. The number of benzene rings is 2. The van der Waals surface area contributed by atoms with Gasteiger partial charge in [-0.1, -0.05) is 29.8 Å². The van der Waals surface area contributed by atoms with Gasteiger partial charge in [-0.15, -0.1) is 0 Å². The van der Waals surface area contributed by atoms with E-state index >= 15 is 0 Å². The van der Waals surface area contributed by atoms with Gasteiger partial charge in [0, 0.05) is 25.6 Å². The second kappa shape index (κ2) is 5.12. The fourth-order valence-corrected chi connectivity index (χ4v) is 3.61. The summed E-state index contributed by atoms with van der Waals surface area (Å²) in [5, 5.41) is 2.28. The Morgan fingerprint density at radius 2 is 1.59 bits per heavy atom. The molecular formula is C18H14INO2. The highest BCUT2D eigenvalue weighted by molar-refractivity contribution is 14.1. The van der Waals surface area contributed by atoms with Crippen LogP contribution in [0.1, 0.15) is 11.3 Å². The number of aromatic nitrogens is 1. The van der Waals surface area contributed by atoms with Crippen LogP contribution in [0.4, 0.5) is 0 Å². The zero-order chi connectivity index (χ0) is 15.3. The third-order valence-electron chi connectivity index (χ3n) is 3.95. The number of ether oxygens (including phenoxy) is 2. The van der Waals surface area contributed by atoms with Crippen molar-refractivity contribution in [3.05, 3.63) is 51.2 Å². The van der Waals surface area contributed by atoms with Crippen LogP contribution in [0.3, 0.4) is 0 Å². The number of fused-ring (bicyclic) bond motifs is 2. The second-order valence-corrected chi connectivity index (χ2v) is 6.56. The predicted octanol–water partition coefficient (Wildman–Crippen LogP) is 4.85. The van der Waals surface area contributed by atoms with Gasteiger partial charge in [0.05, 0.1) is 5.69 Å². The molecule has 0 atom stereocenters. The molecule has 0 saturated heterocycles. The van der Waals surface area contributed by atoms with Crippen LogP contribution in [0.25, 0.3) is 22.0 Å². The van der Waals surface area contributed by atoms with E-state index in [4.69, 9.17) is 14.5 Å². The highest BCUT2D eigenvalue weighted by Gasteiger charge is 2.19. The maximum Gasteiger partial charge on any atom is 0.231 e. The molecule has 0 aliphatic carbocycles. The molecule has 110 valence electrons. The average molecular weight is 403 g/mol. The molecule has 2 heterocycles. The Hall–Kier alpha value is -1.82. The zero-order valence-corrected chi connectivity index (χ0v) is 14.5. The number of aryl methyl sites for hydroxylation is 2. The molecule has 0 fully saturated rings. The normalized spacial score (nSPS) is 12.9. The van der Waals surface area contributed by atoms with Crippen molar-refractivity contribution in [3.8, 4) is 22.8 Å². The first-order valence-corrected chi connectivity index (χ1v) is 8.18. The fourth-order valence-electron chi connectivity index (χ4n) is 2.73. The van der Waals surface area contributed by atoms with E-state index < -0.39 is 0 Å². The molecular weight excluding hydrogens is 389 g/mol. The summed E-state index contributed by atoms with van der Waals surface area (Å²) in [7, 11) is 0. The number of rotatable bonds is 1. The van der Waals surface area contributed by atoms with Crippen LogP contribution in [0.5, 0.6) is 11.5 Å². The van der Waals surface area contributed by atoms with E-state index in [9.17, 15) is 0 Å². The van der Waals surface area contributed by atoms with Crippen LogP contribution in [-0.2, 0) is 0 Å². The summed E-state index contributed by atoms with van der Waals surface area (Å²) in [6.45, 7) is 4.42. The maximum absolute atomic E-state index is 5.52. The number of nitrogens with zero attached hydrogens (tertiary/aromatic N) is 1. The molecule has 0 unspecified atom stereocenters. The molecule has 22 heavy (non-hydrogen) atoms. The first kappa shape index (κ1) is 13.8. The standard InChI is InChI=1S/C18H14INO2/c1-10-3-5-12(6-4-10)18-17(19)14-8-16-15(21-9-22-16)7-13(14)11(2)20-18/h3-8H,9H2,1-2H3. The topological polar surface area (TPSA) is 31.4 Å². The van der Waals surface area contributed by atoms with Gasteiger partial charge in [0.2, 0.25) is 6.79 Å². The highest BCUT2D eigenvalue weighted by atomic mass is 127. The lowest BCUT2D eigenvalue weighted by Crippen LogP contribution is -1.95. The van der Waals surface area contributed by atoms with Crippen LogP contribution >= 0.6 is 22.6 Å². The Morgan fingerprint density at radius 3 is 2.27 bits per heavy atom. The van der Waals surface area contributed by atoms with E-state index in [1.807, 2.05) is 13.0 Å². The minimum atomic E-state index is 0.291. The van der Waals surface area contributed by atoms with Crippen molar-refractivity contribution in [1.82, 2.24) is 4.98 Å². The van der Waals surface area contributed by atoms with Gasteiger partial charge in [-0.05, 0) is 48.6 Å². The van der Waals surface area contributed by atoms with Gasteiger partial charge in [-0.2, -0.15) is 0 Å². The van der Waals surface area contributed by atoms with Crippen molar-refractivity contribution < 1.29 is 9.47 Å². The minimum Gasteiger partial charge on any atom is -0.454 e. The van der Waals surface area contributed by atoms with Crippen molar-refractivity contribution in [2.24, 2.45) is 0 Å². The fraction of sp³-hybridized carbons (Fsp3) is 0.167. The molecule has 1 aliphatic rings. The molecule has 3 aromatic rings. The van der Waals surface area contributed by atoms with Gasteiger partial charge in [0.1, 0.15) is 0 Å². The number of hydrogen-bond acceptors (Lipinski definition) is 3. The first-order valence-electron chi connectivity index (χ1n) is 7.10. The molecule has 0 saturated carbocycles. The van der Waals surface area contributed by atoms with Gasteiger partial charge < -0.3 is 9.47 Å². The van der Waals surface area contributed by atoms with E-state index in [1.54, 1.807) is 0 Å². The van der Waals surface area contributed by atoms with E-state index in [0.29, 0.717) is 6.79 Å². The number of halogens is 1. The predicted molar refractivity (Wildman–Crippen MR) is 95.5 cm³/mol. The van der Waals surface area contributed by atoms with Crippen LogP contribution < -0.4 is 9.47 Å². The molecule has 0 amide bonds. The molecule has 2 aromatic carbocycles. The number of hydrogen-bond donors (Lipinski definition) is 0. The van der Waals surface area contributed by atoms with Crippen molar-refractivity contribution in [2.75, 3.05) is 6.79 Å². The zero-order valence-electron chi connectivity index (χ0n) is 12.3. The lowest BCUT2D eigenvalue weighted by atomic mass is 10.0. The summed E-state index contributed by atoms with van der Waals surface area (Å²) in [5.74, 6) is 1.61. The van der Waals surface area contributed by atoms with E-state index in [1.165, 1.54) is 5.56 Å². The molecule has 0 N–H and O–H groups in total. The molecule has 3 nitrogen and oxygen atoms in total. The van der Waals surface area contributed by atoms with E-state index in [0.717, 1.165) is 42.8 Å². The molecule has 4 rings (SSSR count). The van der Waals surface area contributed by atoms with Gasteiger partial charge in [0.25, 0.3) is 0 Å². The summed E-state index contributed by atoms with van der Waals surface area (Å²) in [4.78, 5) is 4.82. The second-order valence-electron chi connectivity index (χ2n) is 5.48. The maximum atomic E-state index is 5.52. The van der Waals surface area contributed by atoms with Crippen LogP contribution in [0, 0.1) is 17.4 Å². The molecule has 0 spiro atoms. The highest BCUT2D eigenvalue weighted by Crippen LogP contribution is 2.40. The summed E-state index contributed by atoms with van der Waals surface area (Å²) < 4.78 is 12.1. The first-order chi connectivity index (χ1) is 10.6. The molecule has 4 heteroatoms. The van der Waals surface area contributed by atoms with E-state index in [-0.39, 0.29) is 0 Å². The largest absolute Gasteiger partial charge is 0.454 e. The minimum absolute atomic E-state index is 0.291. The Labute approximate surface area is 142 Å². The van der Waals surface area contributed by atoms with Crippen LogP contribution in [0.2, 0.25) is 0 Å². The smallest absolute Gasteiger partial charge is 0.231 e. The third-order valence-corrected chi connectivity index (χ3v) is 5.04. The molecule has 0 radical (unpaired) electrons. The Balaban J connectivity index is 1.99. The lowest BCUT2D eigenvalue weighted by Gasteiger charge is -2.11. The summed E-state index contributed by atoms with van der Waals surface area (Å²) >= 11 is 2.37. The Kier molecular flexibility index (Phi) is 3.22. The van der Waals surface area contributed by atoms with Crippen molar-refractivity contribution in [1.29, 1.82) is 0 Å². The van der Waals surface area contributed by atoms with Crippen LogP contribution in [0.15, 0.2) is 36.4 Å². The van der Waals surface area contributed by atoms with Gasteiger partial charge in [0.15, 0.2) is 11.5 Å². The molecule has 1 aliphatic heterocycles. The van der Waals surface area contributed by atoms with Crippen molar-refractivity contribution >= 4 is 33.4 Å². The van der Waals surface area contributed by atoms with Crippen molar-refractivity contribution in [2.45, 2.75) is 13.8 Å². The summed E-state index contributed by atoms with van der Waals surface area (Å²) in [6, 6.07) is 12.6. The third kappa shape index (κ3) is 2.13. The SMILES string of the molecule is Cc1ccc(-c2nc(C)c3cc4c(cc3c2I)OCO4)cc1. The molecule has 1 aromatic heterocycles. The summed E-state index contributed by atoms with van der Waals surface area (Å²) in [6.07, 6.45) is 0. The Bertz CT molecular complexity index is 888. The van der Waals surface area contributed by atoms with Gasteiger partial charge in [-0.25, -0.2) is 0 Å². The quantitative estimate of drug-likeness (QED) is 0.545. The lowest BCUT2D eigenvalue weighted by molar-refractivity contribution is 0.174. The Morgan fingerprint density at radius 1 is 0.955 bits per heavy atom. The summed E-state index contributed by atoms with van der Waals surface area (Å²) in [5.41, 5.74) is 4.41. The molecule has 0 bridgehead atoms. The van der Waals surface area contributed by atoms with Gasteiger partial charge >= 0.3 is 0 Å². The van der Waals surface area contributed by atoms with Gasteiger partial charge in [-0.3, -0.25) is 4.98 Å². The monoisotopic (exact) mass is 403 g/mol. The van der Waals surface area contributed by atoms with Crippen molar-refractivity contribution in [3.63, 3.8) is 0 Å².